The van der Waals surface area contributed by atoms with Gasteiger partial charge in [0.15, 0.2) is 0 Å². The van der Waals surface area contributed by atoms with Gasteiger partial charge in [0.1, 0.15) is 5.69 Å². The van der Waals surface area contributed by atoms with Gasteiger partial charge in [-0.25, -0.2) is 4.79 Å². The Kier molecular flexibility index (Phi) is 2.91. The van der Waals surface area contributed by atoms with Crippen molar-refractivity contribution in [2.45, 2.75) is 6.42 Å². The van der Waals surface area contributed by atoms with Crippen LogP contribution in [-0.2, 0) is 18.2 Å². The Labute approximate surface area is 82.0 Å². The number of esters is 1. The van der Waals surface area contributed by atoms with Crippen LogP contribution >= 0.6 is 0 Å². The molecule has 1 heterocycles. The van der Waals surface area contributed by atoms with Crippen LogP contribution in [0.25, 0.3) is 0 Å². The molecule has 0 saturated carbocycles. The number of hydrogen-bond acceptors (Lipinski definition) is 3. The summed E-state index contributed by atoms with van der Waals surface area (Å²) in [5.74, 6) is -0.315. The van der Waals surface area contributed by atoms with Gasteiger partial charge >= 0.3 is 5.97 Å². The summed E-state index contributed by atoms with van der Waals surface area (Å²) in [6, 6.07) is 3.41. The standard InChI is InChI=1S/C9H13N3O2/c1-12-6(5-8(10)11)3-4-7(12)9(13)14-2/h3-4H,5H2,1-2H3,(H3,10,11). The molecule has 0 amide bonds. The fourth-order valence-electron chi connectivity index (χ4n) is 1.24. The summed E-state index contributed by atoms with van der Waals surface area (Å²) in [6.07, 6.45) is 0.341. The van der Waals surface area contributed by atoms with E-state index in [1.54, 1.807) is 23.7 Å². The molecule has 0 aromatic carbocycles. The molecule has 0 atom stereocenters. The molecule has 0 unspecified atom stereocenters. The highest BCUT2D eigenvalue weighted by atomic mass is 16.5. The molecule has 0 bridgehead atoms. The Morgan fingerprint density at radius 2 is 2.29 bits per heavy atom. The van der Waals surface area contributed by atoms with Crippen LogP contribution in [0.3, 0.4) is 0 Å². The van der Waals surface area contributed by atoms with E-state index in [-0.39, 0.29) is 11.8 Å². The quantitative estimate of drug-likeness (QED) is 0.413. The van der Waals surface area contributed by atoms with Gasteiger partial charge in [0.05, 0.1) is 12.9 Å². The van der Waals surface area contributed by atoms with Crippen molar-refractivity contribution < 1.29 is 9.53 Å². The van der Waals surface area contributed by atoms with E-state index in [2.05, 4.69) is 4.74 Å². The Morgan fingerprint density at radius 1 is 1.64 bits per heavy atom. The van der Waals surface area contributed by atoms with Crippen LogP contribution in [0.1, 0.15) is 16.2 Å². The number of hydrogen-bond donors (Lipinski definition) is 2. The number of carbonyl (C=O) groups excluding carboxylic acids is 1. The minimum absolute atomic E-state index is 0.0719. The van der Waals surface area contributed by atoms with E-state index >= 15 is 0 Å². The van der Waals surface area contributed by atoms with Crippen LogP contribution in [0.15, 0.2) is 12.1 Å². The Hall–Kier alpha value is -1.78. The second-order valence-corrected chi connectivity index (χ2v) is 2.96. The van der Waals surface area contributed by atoms with Crippen LogP contribution in [0, 0.1) is 5.41 Å². The van der Waals surface area contributed by atoms with Crippen LogP contribution in [0.5, 0.6) is 0 Å². The Bertz CT molecular complexity index is 368. The third kappa shape index (κ3) is 1.93. The molecule has 0 aliphatic carbocycles. The van der Waals surface area contributed by atoms with E-state index < -0.39 is 0 Å². The highest BCUT2D eigenvalue weighted by molar-refractivity contribution is 5.88. The maximum atomic E-state index is 11.2. The minimum Gasteiger partial charge on any atom is -0.464 e. The van der Waals surface area contributed by atoms with E-state index in [1.807, 2.05) is 0 Å². The van der Waals surface area contributed by atoms with Gasteiger partial charge in [0.25, 0.3) is 0 Å². The molecule has 1 rings (SSSR count). The van der Waals surface area contributed by atoms with Crippen molar-refractivity contribution in [2.75, 3.05) is 7.11 Å². The van der Waals surface area contributed by atoms with Gasteiger partial charge in [-0.05, 0) is 12.1 Å². The molecule has 3 N–H and O–H groups in total. The maximum Gasteiger partial charge on any atom is 0.354 e. The summed E-state index contributed by atoms with van der Waals surface area (Å²) in [7, 11) is 3.07. The van der Waals surface area contributed by atoms with E-state index in [1.165, 1.54) is 7.11 Å². The number of ether oxygens (including phenoxy) is 1. The van der Waals surface area contributed by atoms with Gasteiger partial charge < -0.3 is 15.0 Å². The molecule has 14 heavy (non-hydrogen) atoms. The van der Waals surface area contributed by atoms with E-state index in [4.69, 9.17) is 11.1 Å². The van der Waals surface area contributed by atoms with Crippen LogP contribution < -0.4 is 5.73 Å². The van der Waals surface area contributed by atoms with Crippen LogP contribution in [-0.4, -0.2) is 23.5 Å². The van der Waals surface area contributed by atoms with E-state index in [9.17, 15) is 4.79 Å². The fourth-order valence-corrected chi connectivity index (χ4v) is 1.24. The first kappa shape index (κ1) is 10.3. The summed E-state index contributed by atoms with van der Waals surface area (Å²) in [4.78, 5) is 11.2. The number of carbonyl (C=O) groups is 1. The molecular weight excluding hydrogens is 182 g/mol. The van der Waals surface area contributed by atoms with Crippen LogP contribution in [0.2, 0.25) is 0 Å². The van der Waals surface area contributed by atoms with Crippen molar-refractivity contribution in [2.24, 2.45) is 12.8 Å². The Morgan fingerprint density at radius 3 is 2.79 bits per heavy atom. The predicted octanol–water partition coefficient (Wildman–Crippen LogP) is 0.290. The van der Waals surface area contributed by atoms with Crippen molar-refractivity contribution >= 4 is 11.8 Å². The SMILES string of the molecule is COC(=O)c1ccc(CC(=N)N)n1C. The average molecular weight is 195 g/mol. The van der Waals surface area contributed by atoms with E-state index in [0.717, 1.165) is 5.69 Å². The van der Waals surface area contributed by atoms with Crippen molar-refractivity contribution in [3.8, 4) is 0 Å². The first-order chi connectivity index (χ1) is 6.56. The highest BCUT2D eigenvalue weighted by Crippen LogP contribution is 2.08. The van der Waals surface area contributed by atoms with Gasteiger partial charge in [-0.2, -0.15) is 0 Å². The molecule has 76 valence electrons. The molecule has 0 aliphatic rings. The lowest BCUT2D eigenvalue weighted by molar-refractivity contribution is 0.0589. The smallest absolute Gasteiger partial charge is 0.354 e. The van der Waals surface area contributed by atoms with Crippen molar-refractivity contribution in [1.82, 2.24) is 4.57 Å². The monoisotopic (exact) mass is 195 g/mol. The minimum atomic E-state index is -0.387. The van der Waals surface area contributed by atoms with E-state index in [0.29, 0.717) is 12.1 Å². The third-order valence-electron chi connectivity index (χ3n) is 1.99. The lowest BCUT2D eigenvalue weighted by atomic mass is 10.3. The lowest BCUT2D eigenvalue weighted by Gasteiger charge is -2.05. The van der Waals surface area contributed by atoms with Gasteiger partial charge in [-0.1, -0.05) is 0 Å². The number of amidine groups is 1. The molecule has 1 aromatic rings. The van der Waals surface area contributed by atoms with Crippen molar-refractivity contribution in [3.05, 3.63) is 23.5 Å². The average Bonchev–Trinajstić information content (AvgIpc) is 2.46. The van der Waals surface area contributed by atoms with Crippen LogP contribution in [0.4, 0.5) is 0 Å². The predicted molar refractivity (Wildman–Crippen MR) is 52.4 cm³/mol. The first-order valence-electron chi connectivity index (χ1n) is 4.12. The number of nitrogens with two attached hydrogens (primary N) is 1. The molecule has 1 aromatic heterocycles. The number of methoxy groups -OCH3 is 1. The normalized spacial score (nSPS) is 9.86. The third-order valence-corrected chi connectivity index (χ3v) is 1.99. The molecular formula is C9H13N3O2. The highest BCUT2D eigenvalue weighted by Gasteiger charge is 2.12. The van der Waals surface area contributed by atoms with Gasteiger partial charge in [-0.3, -0.25) is 5.41 Å². The molecule has 0 spiro atoms. The molecule has 0 aliphatic heterocycles. The summed E-state index contributed by atoms with van der Waals surface area (Å²) >= 11 is 0. The summed E-state index contributed by atoms with van der Waals surface area (Å²) in [6.45, 7) is 0. The second kappa shape index (κ2) is 3.95. The molecule has 0 saturated heterocycles. The zero-order valence-corrected chi connectivity index (χ0v) is 8.20. The van der Waals surface area contributed by atoms with Crippen molar-refractivity contribution in [1.29, 1.82) is 5.41 Å². The number of nitrogens with one attached hydrogen (secondary N) is 1. The zero-order valence-electron chi connectivity index (χ0n) is 8.20. The maximum absolute atomic E-state index is 11.2. The lowest BCUT2D eigenvalue weighted by Crippen LogP contribution is -2.16. The first-order valence-corrected chi connectivity index (χ1v) is 4.12. The summed E-state index contributed by atoms with van der Waals surface area (Å²) < 4.78 is 6.26. The van der Waals surface area contributed by atoms with Gasteiger partial charge in [0.2, 0.25) is 0 Å². The largest absolute Gasteiger partial charge is 0.464 e. The second-order valence-electron chi connectivity index (χ2n) is 2.96. The molecule has 0 fully saturated rings. The van der Waals surface area contributed by atoms with Gasteiger partial charge in [0, 0.05) is 19.2 Å². The number of rotatable bonds is 3. The Balaban J connectivity index is 2.96. The fraction of sp³-hybridized carbons (Fsp3) is 0.333. The zero-order chi connectivity index (χ0) is 10.7. The number of nitrogens with zero attached hydrogens (tertiary/aromatic N) is 1. The van der Waals surface area contributed by atoms with Gasteiger partial charge in [-0.15, -0.1) is 0 Å². The molecule has 5 nitrogen and oxygen atoms in total. The molecule has 5 heteroatoms. The summed E-state index contributed by atoms with van der Waals surface area (Å²) in [5.41, 5.74) is 6.54. The molecule has 0 radical (unpaired) electrons. The van der Waals surface area contributed by atoms with Crippen molar-refractivity contribution in [3.63, 3.8) is 0 Å². The number of aromatic nitrogens is 1. The summed E-state index contributed by atoms with van der Waals surface area (Å²) in [5, 5.41) is 7.14. The topological polar surface area (TPSA) is 81.1 Å².